The number of hydrogen-bond acceptors (Lipinski definition) is 3. The summed E-state index contributed by atoms with van der Waals surface area (Å²) >= 11 is 1.60. The van der Waals surface area contributed by atoms with Crippen LogP contribution in [0.3, 0.4) is 0 Å². The minimum atomic E-state index is 0. The van der Waals surface area contributed by atoms with Crippen LogP contribution in [0.4, 0.5) is 0 Å². The molecule has 0 aromatic carbocycles. The van der Waals surface area contributed by atoms with Crippen LogP contribution in [0.2, 0.25) is 0 Å². The molecule has 13 heavy (non-hydrogen) atoms. The van der Waals surface area contributed by atoms with Gasteiger partial charge in [-0.05, 0) is 19.1 Å². The minimum absolute atomic E-state index is 0. The van der Waals surface area contributed by atoms with Gasteiger partial charge in [0.15, 0.2) is 10.8 Å². The van der Waals surface area contributed by atoms with E-state index in [4.69, 9.17) is 4.42 Å². The summed E-state index contributed by atoms with van der Waals surface area (Å²) in [5, 5.41) is 2.96. The van der Waals surface area contributed by atoms with Gasteiger partial charge in [0, 0.05) is 11.1 Å². The predicted octanol–water partition coefficient (Wildman–Crippen LogP) is 3.56. The molecule has 0 atom stereocenters. The van der Waals surface area contributed by atoms with Crippen LogP contribution in [0.25, 0.3) is 10.8 Å². The highest BCUT2D eigenvalue weighted by Crippen LogP contribution is 2.23. The maximum Gasteiger partial charge on any atom is 0.162 e. The molecule has 2 aromatic heterocycles. The number of thiazole rings is 1. The van der Waals surface area contributed by atoms with Crippen LogP contribution in [0.1, 0.15) is 5.69 Å². The molecule has 0 aliphatic heterocycles. The summed E-state index contributed by atoms with van der Waals surface area (Å²) in [6.07, 6.45) is 1.66. The highest BCUT2D eigenvalue weighted by molar-refractivity contribution is 7.13. The number of halogens is 2. The molecule has 2 rings (SSSR count). The first-order chi connectivity index (χ1) is 5.36. The molecule has 0 amide bonds. The third kappa shape index (κ3) is 2.72. The summed E-state index contributed by atoms with van der Waals surface area (Å²) in [5.41, 5.74) is 1.04. The summed E-state index contributed by atoms with van der Waals surface area (Å²) in [5.74, 6) is 0.850. The van der Waals surface area contributed by atoms with E-state index in [2.05, 4.69) is 4.98 Å². The second kappa shape index (κ2) is 5.27. The van der Waals surface area contributed by atoms with E-state index in [-0.39, 0.29) is 24.8 Å². The Morgan fingerprint density at radius 1 is 1.38 bits per heavy atom. The molecule has 0 aliphatic rings. The Balaban J connectivity index is 0.000000720. The second-order valence-electron chi connectivity index (χ2n) is 2.27. The van der Waals surface area contributed by atoms with Crippen molar-refractivity contribution in [3.63, 3.8) is 0 Å². The van der Waals surface area contributed by atoms with Gasteiger partial charge in [-0.3, -0.25) is 0 Å². The lowest BCUT2D eigenvalue weighted by molar-refractivity contribution is 0.581. The third-order valence-corrected chi connectivity index (χ3v) is 2.33. The molecule has 2 nitrogen and oxygen atoms in total. The van der Waals surface area contributed by atoms with Crippen LogP contribution in [0, 0.1) is 6.92 Å². The summed E-state index contributed by atoms with van der Waals surface area (Å²) in [6, 6.07) is 3.78. The van der Waals surface area contributed by atoms with E-state index in [0.29, 0.717) is 0 Å². The van der Waals surface area contributed by atoms with Gasteiger partial charge in [-0.2, -0.15) is 0 Å². The summed E-state index contributed by atoms with van der Waals surface area (Å²) in [7, 11) is 0. The van der Waals surface area contributed by atoms with Crippen LogP contribution < -0.4 is 0 Å². The fraction of sp³-hybridized carbons (Fsp3) is 0.125. The van der Waals surface area contributed by atoms with Gasteiger partial charge in [-0.25, -0.2) is 4.98 Å². The highest BCUT2D eigenvalue weighted by Gasteiger charge is 2.03. The van der Waals surface area contributed by atoms with Crippen LogP contribution >= 0.6 is 36.2 Å². The van der Waals surface area contributed by atoms with E-state index >= 15 is 0 Å². The number of rotatable bonds is 1. The van der Waals surface area contributed by atoms with E-state index in [1.165, 1.54) is 0 Å². The van der Waals surface area contributed by atoms with E-state index in [1.807, 2.05) is 24.4 Å². The van der Waals surface area contributed by atoms with Gasteiger partial charge in [0.25, 0.3) is 0 Å². The smallest absolute Gasteiger partial charge is 0.162 e. The second-order valence-corrected chi connectivity index (χ2v) is 3.13. The molecule has 0 saturated carbocycles. The largest absolute Gasteiger partial charge is 0.462 e. The van der Waals surface area contributed by atoms with Crippen molar-refractivity contribution < 1.29 is 4.42 Å². The first-order valence-corrected chi connectivity index (χ1v) is 4.20. The van der Waals surface area contributed by atoms with E-state index in [0.717, 1.165) is 16.5 Å². The molecular weight excluding hydrogens is 229 g/mol. The molecule has 0 spiro atoms. The van der Waals surface area contributed by atoms with Gasteiger partial charge >= 0.3 is 0 Å². The van der Waals surface area contributed by atoms with Crippen molar-refractivity contribution in [2.75, 3.05) is 0 Å². The lowest BCUT2D eigenvalue weighted by atomic mass is 10.5. The molecular formula is C8H9Cl2NOS. The SMILES string of the molecule is Cc1csc(-c2ccco2)n1.Cl.Cl. The van der Waals surface area contributed by atoms with Gasteiger partial charge < -0.3 is 4.42 Å². The molecule has 0 bridgehead atoms. The summed E-state index contributed by atoms with van der Waals surface area (Å²) in [6.45, 7) is 1.98. The summed E-state index contributed by atoms with van der Waals surface area (Å²) in [4.78, 5) is 4.28. The van der Waals surface area contributed by atoms with Gasteiger partial charge in [-0.1, -0.05) is 0 Å². The number of aromatic nitrogens is 1. The normalized spacial score (nSPS) is 8.69. The Morgan fingerprint density at radius 3 is 2.62 bits per heavy atom. The molecule has 0 unspecified atom stereocenters. The number of aryl methyl sites for hydroxylation is 1. The number of nitrogens with zero attached hydrogens (tertiary/aromatic N) is 1. The average Bonchev–Trinajstić information content (AvgIpc) is 2.55. The van der Waals surface area contributed by atoms with Crippen molar-refractivity contribution in [2.45, 2.75) is 6.92 Å². The molecule has 0 fully saturated rings. The topological polar surface area (TPSA) is 26.0 Å². The van der Waals surface area contributed by atoms with Crippen molar-refractivity contribution in [1.82, 2.24) is 4.98 Å². The molecule has 0 radical (unpaired) electrons. The molecule has 2 aromatic rings. The van der Waals surface area contributed by atoms with Crippen molar-refractivity contribution in [2.24, 2.45) is 0 Å². The molecule has 0 N–H and O–H groups in total. The Morgan fingerprint density at radius 2 is 2.15 bits per heavy atom. The first-order valence-electron chi connectivity index (χ1n) is 3.32. The minimum Gasteiger partial charge on any atom is -0.462 e. The predicted molar refractivity (Wildman–Crippen MR) is 59.0 cm³/mol. The maximum absolute atomic E-state index is 5.18. The third-order valence-electron chi connectivity index (χ3n) is 1.35. The van der Waals surface area contributed by atoms with Gasteiger partial charge in [-0.15, -0.1) is 36.2 Å². The fourth-order valence-electron chi connectivity index (χ4n) is 0.867. The van der Waals surface area contributed by atoms with Gasteiger partial charge in [0.05, 0.1) is 6.26 Å². The van der Waals surface area contributed by atoms with Crippen LogP contribution in [0.5, 0.6) is 0 Å². The lowest BCUT2D eigenvalue weighted by Gasteiger charge is -1.84. The molecule has 2 heterocycles. The lowest BCUT2D eigenvalue weighted by Crippen LogP contribution is -1.71. The molecule has 0 saturated heterocycles. The van der Waals surface area contributed by atoms with Gasteiger partial charge in [0.1, 0.15) is 0 Å². The Kier molecular flexibility index (Phi) is 5.06. The van der Waals surface area contributed by atoms with Crippen LogP contribution in [-0.4, -0.2) is 4.98 Å². The molecule has 0 aliphatic carbocycles. The zero-order valence-corrected chi connectivity index (χ0v) is 9.34. The van der Waals surface area contributed by atoms with E-state index in [1.54, 1.807) is 17.6 Å². The van der Waals surface area contributed by atoms with Crippen LogP contribution in [-0.2, 0) is 0 Å². The van der Waals surface area contributed by atoms with Gasteiger partial charge in [0.2, 0.25) is 0 Å². The van der Waals surface area contributed by atoms with Crippen LogP contribution in [0.15, 0.2) is 28.2 Å². The average molecular weight is 238 g/mol. The van der Waals surface area contributed by atoms with Crippen molar-refractivity contribution in [3.8, 4) is 10.8 Å². The Labute approximate surface area is 92.8 Å². The Hall–Kier alpha value is -0.510. The van der Waals surface area contributed by atoms with Crippen molar-refractivity contribution >= 4 is 36.2 Å². The zero-order valence-electron chi connectivity index (χ0n) is 6.89. The maximum atomic E-state index is 5.18. The zero-order chi connectivity index (χ0) is 7.68. The molecule has 5 heteroatoms. The fourth-order valence-corrected chi connectivity index (χ4v) is 1.63. The highest BCUT2D eigenvalue weighted by atomic mass is 35.5. The first kappa shape index (κ1) is 12.5. The molecule has 72 valence electrons. The van der Waals surface area contributed by atoms with Crippen molar-refractivity contribution in [3.05, 3.63) is 29.5 Å². The standard InChI is InChI=1S/C8H7NOS.2ClH/c1-6-5-11-8(9-6)7-3-2-4-10-7;;/h2-5H,1H3;2*1H. The number of hydrogen-bond donors (Lipinski definition) is 0. The Bertz CT molecular complexity index is 345. The number of furan rings is 1. The summed E-state index contributed by atoms with van der Waals surface area (Å²) < 4.78 is 5.18. The van der Waals surface area contributed by atoms with E-state index in [9.17, 15) is 0 Å². The monoisotopic (exact) mass is 237 g/mol. The van der Waals surface area contributed by atoms with E-state index < -0.39 is 0 Å². The van der Waals surface area contributed by atoms with Crippen molar-refractivity contribution in [1.29, 1.82) is 0 Å². The quantitative estimate of drug-likeness (QED) is 0.759.